The molecule has 2 N–H and O–H groups in total. The van der Waals surface area contributed by atoms with Crippen molar-refractivity contribution in [3.8, 4) is 0 Å². The molecule has 1 aromatic heterocycles. The minimum Gasteiger partial charge on any atom is -0.326 e. The third-order valence-electron chi connectivity index (χ3n) is 4.62. The van der Waals surface area contributed by atoms with Crippen molar-refractivity contribution < 1.29 is 13.2 Å². The number of carbonyl (C=O) groups is 1. The van der Waals surface area contributed by atoms with Crippen LogP contribution in [0.1, 0.15) is 23.1 Å². The number of rotatable bonds is 6. The second kappa shape index (κ2) is 7.57. The van der Waals surface area contributed by atoms with Crippen LogP contribution in [0.5, 0.6) is 0 Å². The molecule has 0 bridgehead atoms. The highest BCUT2D eigenvalue weighted by molar-refractivity contribution is 7.89. The monoisotopic (exact) mass is 396 g/mol. The topological polar surface area (TPSA) is 93.1 Å². The molecule has 7 nitrogen and oxygen atoms in total. The number of aryl methyl sites for hydroxylation is 1. The van der Waals surface area contributed by atoms with Crippen LogP contribution in [0.25, 0.3) is 0 Å². The van der Waals surface area contributed by atoms with E-state index in [1.807, 2.05) is 36.5 Å². The minimum atomic E-state index is -3.65. The van der Waals surface area contributed by atoms with Crippen molar-refractivity contribution in [3.63, 3.8) is 0 Å². The molecule has 0 atom stereocenters. The summed E-state index contributed by atoms with van der Waals surface area (Å²) in [6.45, 7) is 0.787. The van der Waals surface area contributed by atoms with E-state index in [4.69, 9.17) is 0 Å². The van der Waals surface area contributed by atoms with E-state index < -0.39 is 10.0 Å². The molecule has 0 saturated carbocycles. The summed E-state index contributed by atoms with van der Waals surface area (Å²) in [5.41, 5.74) is 3.42. The third-order valence-corrected chi connectivity index (χ3v) is 6.02. The summed E-state index contributed by atoms with van der Waals surface area (Å²) in [4.78, 5) is 11.6. The van der Waals surface area contributed by atoms with E-state index >= 15 is 0 Å². The lowest BCUT2D eigenvalue weighted by Gasteiger charge is -2.17. The van der Waals surface area contributed by atoms with Crippen LogP contribution in [-0.2, 0) is 34.3 Å². The molecule has 0 radical (unpaired) electrons. The van der Waals surface area contributed by atoms with E-state index in [0.717, 1.165) is 16.7 Å². The maximum absolute atomic E-state index is 12.6. The van der Waals surface area contributed by atoms with Gasteiger partial charge in [-0.05, 0) is 35.7 Å². The fraction of sp³-hybridized carbons (Fsp3) is 0.200. The predicted molar refractivity (Wildman–Crippen MR) is 105 cm³/mol. The zero-order valence-electron chi connectivity index (χ0n) is 15.1. The van der Waals surface area contributed by atoms with Gasteiger partial charge < -0.3 is 5.32 Å². The fourth-order valence-corrected chi connectivity index (χ4v) is 4.21. The van der Waals surface area contributed by atoms with Crippen LogP contribution in [0, 0.1) is 0 Å². The van der Waals surface area contributed by atoms with Crippen LogP contribution in [0.4, 0.5) is 5.69 Å². The number of aromatic nitrogens is 2. The van der Waals surface area contributed by atoms with Gasteiger partial charge in [0.1, 0.15) is 0 Å². The predicted octanol–water partition coefficient (Wildman–Crippen LogP) is 2.29. The first kappa shape index (κ1) is 18.4. The van der Waals surface area contributed by atoms with Gasteiger partial charge in [-0.3, -0.25) is 9.48 Å². The van der Waals surface area contributed by atoms with Gasteiger partial charge in [0.2, 0.25) is 15.9 Å². The quantitative estimate of drug-likeness (QED) is 0.669. The number of nitrogens with one attached hydrogen (secondary N) is 2. The van der Waals surface area contributed by atoms with E-state index in [9.17, 15) is 13.2 Å². The Morgan fingerprint density at radius 2 is 1.89 bits per heavy atom. The van der Waals surface area contributed by atoms with Crippen molar-refractivity contribution in [2.45, 2.75) is 30.8 Å². The van der Waals surface area contributed by atoms with Crippen LogP contribution >= 0.6 is 0 Å². The molecule has 144 valence electrons. The molecule has 0 unspecified atom stereocenters. The summed E-state index contributed by atoms with van der Waals surface area (Å²) in [6, 6.07) is 14.7. The molecule has 1 aliphatic heterocycles. The Bertz CT molecular complexity index is 1110. The first-order valence-corrected chi connectivity index (χ1v) is 10.5. The Balaban J connectivity index is 1.42. The summed E-state index contributed by atoms with van der Waals surface area (Å²) >= 11 is 0. The number of amides is 1. The number of fused-ring (bicyclic) bond motifs is 1. The van der Waals surface area contributed by atoms with E-state index in [-0.39, 0.29) is 17.3 Å². The molecule has 0 spiro atoms. The second-order valence-electron chi connectivity index (χ2n) is 6.72. The number of hydrogen-bond acceptors (Lipinski definition) is 4. The summed E-state index contributed by atoms with van der Waals surface area (Å²) in [7, 11) is -3.65. The van der Waals surface area contributed by atoms with Gasteiger partial charge in [0.15, 0.2) is 0 Å². The van der Waals surface area contributed by atoms with Crippen LogP contribution in [0.2, 0.25) is 0 Å². The molecule has 28 heavy (non-hydrogen) atoms. The lowest BCUT2D eigenvalue weighted by Crippen LogP contribution is -2.24. The molecule has 2 heterocycles. The van der Waals surface area contributed by atoms with Gasteiger partial charge in [-0.15, -0.1) is 0 Å². The lowest BCUT2D eigenvalue weighted by atomic mass is 10.0. The number of hydrogen-bond donors (Lipinski definition) is 2. The molecule has 2 aromatic carbocycles. The first-order valence-electron chi connectivity index (χ1n) is 8.97. The van der Waals surface area contributed by atoms with Crippen LogP contribution in [-0.4, -0.2) is 24.1 Å². The van der Waals surface area contributed by atoms with Crippen LogP contribution in [0.15, 0.2) is 65.8 Å². The van der Waals surface area contributed by atoms with Gasteiger partial charge in [-0.1, -0.05) is 30.3 Å². The Kier molecular flexibility index (Phi) is 4.97. The summed E-state index contributed by atoms with van der Waals surface area (Å²) in [6.07, 6.45) is 4.40. The zero-order valence-corrected chi connectivity index (χ0v) is 15.9. The van der Waals surface area contributed by atoms with E-state index in [2.05, 4.69) is 15.1 Å². The van der Waals surface area contributed by atoms with E-state index in [1.54, 1.807) is 23.0 Å². The van der Waals surface area contributed by atoms with Crippen molar-refractivity contribution in [2.75, 3.05) is 5.32 Å². The summed E-state index contributed by atoms with van der Waals surface area (Å²) < 4.78 is 29.6. The van der Waals surface area contributed by atoms with Gasteiger partial charge in [0.05, 0.1) is 17.6 Å². The summed E-state index contributed by atoms with van der Waals surface area (Å²) in [5.74, 6) is -0.0475. The maximum Gasteiger partial charge on any atom is 0.240 e. The zero-order chi connectivity index (χ0) is 19.6. The number of benzene rings is 2. The fourth-order valence-electron chi connectivity index (χ4n) is 3.14. The Morgan fingerprint density at radius 3 is 2.71 bits per heavy atom. The van der Waals surface area contributed by atoms with Crippen LogP contribution in [0.3, 0.4) is 0 Å². The van der Waals surface area contributed by atoms with Crippen molar-refractivity contribution in [1.82, 2.24) is 14.5 Å². The highest BCUT2D eigenvalue weighted by atomic mass is 32.2. The average Bonchev–Trinajstić information content (AvgIpc) is 3.14. The lowest BCUT2D eigenvalue weighted by molar-refractivity contribution is -0.116. The Morgan fingerprint density at radius 1 is 1.07 bits per heavy atom. The molecule has 3 aromatic rings. The molecule has 0 aliphatic carbocycles. The van der Waals surface area contributed by atoms with Gasteiger partial charge >= 0.3 is 0 Å². The van der Waals surface area contributed by atoms with Crippen molar-refractivity contribution in [2.24, 2.45) is 0 Å². The Labute approximate surface area is 163 Å². The molecule has 1 amide bonds. The number of sulfonamides is 1. The normalized spacial score (nSPS) is 13.8. The standard InChI is InChI=1S/C20H20N4O3S/c25-20-9-6-17-10-18(7-8-19(17)23-20)28(26,27)22-12-16-11-21-24(14-16)13-15-4-2-1-3-5-15/h1-5,7-8,10-11,14,22H,6,9,12-13H2,(H,23,25). The van der Waals surface area contributed by atoms with E-state index in [1.165, 1.54) is 6.07 Å². The molecule has 8 heteroatoms. The highest BCUT2D eigenvalue weighted by Gasteiger charge is 2.20. The highest BCUT2D eigenvalue weighted by Crippen LogP contribution is 2.25. The first-order chi connectivity index (χ1) is 13.5. The maximum atomic E-state index is 12.6. The molecule has 4 rings (SSSR count). The van der Waals surface area contributed by atoms with Gasteiger partial charge in [0.25, 0.3) is 0 Å². The SMILES string of the molecule is O=C1CCc2cc(S(=O)(=O)NCc3cnn(Cc4ccccc4)c3)ccc2N1. The van der Waals surface area contributed by atoms with Gasteiger partial charge in [-0.2, -0.15) is 5.10 Å². The van der Waals surface area contributed by atoms with E-state index in [0.29, 0.717) is 25.1 Å². The Hall–Kier alpha value is -2.97. The van der Waals surface area contributed by atoms with Crippen molar-refractivity contribution in [3.05, 3.63) is 77.6 Å². The molecular formula is C20H20N4O3S. The van der Waals surface area contributed by atoms with Gasteiger partial charge in [0, 0.05) is 30.4 Å². The molecule has 1 aliphatic rings. The minimum absolute atomic E-state index is 0.0475. The third kappa shape index (κ3) is 4.13. The molecular weight excluding hydrogens is 376 g/mol. The van der Waals surface area contributed by atoms with Crippen molar-refractivity contribution >= 4 is 21.6 Å². The number of nitrogens with zero attached hydrogens (tertiary/aromatic N) is 2. The van der Waals surface area contributed by atoms with Crippen molar-refractivity contribution in [1.29, 1.82) is 0 Å². The largest absolute Gasteiger partial charge is 0.326 e. The molecule has 0 fully saturated rings. The smallest absolute Gasteiger partial charge is 0.240 e. The number of carbonyl (C=O) groups excluding carboxylic acids is 1. The molecule has 0 saturated heterocycles. The second-order valence-corrected chi connectivity index (χ2v) is 8.49. The number of anilines is 1. The summed E-state index contributed by atoms with van der Waals surface area (Å²) in [5, 5.41) is 7.05. The van der Waals surface area contributed by atoms with Gasteiger partial charge in [-0.25, -0.2) is 13.1 Å². The average molecular weight is 396 g/mol. The van der Waals surface area contributed by atoms with Crippen LogP contribution < -0.4 is 10.0 Å².